The van der Waals surface area contributed by atoms with Crippen molar-refractivity contribution in [2.75, 3.05) is 0 Å². The van der Waals surface area contributed by atoms with E-state index in [9.17, 15) is 10.2 Å². The van der Waals surface area contributed by atoms with Crippen molar-refractivity contribution in [3.63, 3.8) is 0 Å². The van der Waals surface area contributed by atoms with Gasteiger partial charge in [-0.1, -0.05) is 32.6 Å². The van der Waals surface area contributed by atoms with Crippen LogP contribution in [0, 0.1) is 23.2 Å². The van der Waals surface area contributed by atoms with Gasteiger partial charge < -0.3 is 10.2 Å². The van der Waals surface area contributed by atoms with E-state index in [0.717, 1.165) is 19.3 Å². The molecular formula is C16H30O2. The van der Waals surface area contributed by atoms with E-state index in [1.807, 2.05) is 13.8 Å². The van der Waals surface area contributed by atoms with E-state index < -0.39 is 6.10 Å². The summed E-state index contributed by atoms with van der Waals surface area (Å²) < 4.78 is 0. The highest BCUT2D eigenvalue weighted by atomic mass is 16.3. The van der Waals surface area contributed by atoms with Crippen LogP contribution in [0.2, 0.25) is 0 Å². The van der Waals surface area contributed by atoms with Gasteiger partial charge in [-0.05, 0) is 46.0 Å². The summed E-state index contributed by atoms with van der Waals surface area (Å²) >= 11 is 0. The largest absolute Gasteiger partial charge is 0.393 e. The van der Waals surface area contributed by atoms with Gasteiger partial charge in [0.25, 0.3) is 0 Å². The fraction of sp³-hybridized carbons (Fsp3) is 0.875. The van der Waals surface area contributed by atoms with Gasteiger partial charge in [0.15, 0.2) is 0 Å². The highest BCUT2D eigenvalue weighted by molar-refractivity contribution is 5.09. The number of hydrogen-bond donors (Lipinski definition) is 2. The van der Waals surface area contributed by atoms with Gasteiger partial charge in [-0.25, -0.2) is 0 Å². The number of unbranched alkanes of at least 4 members (excludes halogenated alkanes) is 1. The summed E-state index contributed by atoms with van der Waals surface area (Å²) in [7, 11) is 0. The quantitative estimate of drug-likeness (QED) is 0.652. The Morgan fingerprint density at radius 2 is 1.72 bits per heavy atom. The summed E-state index contributed by atoms with van der Waals surface area (Å²) in [6.07, 6.45) is 3.68. The van der Waals surface area contributed by atoms with Crippen LogP contribution in [0.4, 0.5) is 0 Å². The third kappa shape index (κ3) is 6.42. The number of rotatable bonds is 8. The SMILES string of the molecule is CC#CC(C)(C)C(C)C(O)CCC(O)CCCC. The first kappa shape index (κ1) is 17.5. The van der Waals surface area contributed by atoms with E-state index in [1.54, 1.807) is 0 Å². The Labute approximate surface area is 113 Å². The first-order chi connectivity index (χ1) is 8.35. The van der Waals surface area contributed by atoms with E-state index >= 15 is 0 Å². The topological polar surface area (TPSA) is 40.5 Å². The van der Waals surface area contributed by atoms with Crippen molar-refractivity contribution in [1.82, 2.24) is 0 Å². The summed E-state index contributed by atoms with van der Waals surface area (Å²) in [6.45, 7) is 10.1. The minimum absolute atomic E-state index is 0.114. The molecule has 2 N–H and O–H groups in total. The lowest BCUT2D eigenvalue weighted by molar-refractivity contribution is 0.0449. The second kappa shape index (κ2) is 8.56. The van der Waals surface area contributed by atoms with Crippen molar-refractivity contribution in [2.24, 2.45) is 11.3 Å². The minimum Gasteiger partial charge on any atom is -0.393 e. The molecule has 106 valence electrons. The third-order valence-corrected chi connectivity index (χ3v) is 3.85. The van der Waals surface area contributed by atoms with Crippen LogP contribution in [0.1, 0.15) is 66.7 Å². The minimum atomic E-state index is -0.392. The highest BCUT2D eigenvalue weighted by Gasteiger charge is 2.29. The molecule has 0 aromatic heterocycles. The molecule has 3 unspecified atom stereocenters. The molecule has 0 fully saturated rings. The summed E-state index contributed by atoms with van der Waals surface area (Å²) in [5, 5.41) is 20.0. The Balaban J connectivity index is 4.15. The second-order valence-electron chi connectivity index (χ2n) is 5.83. The predicted molar refractivity (Wildman–Crippen MR) is 77.2 cm³/mol. The molecule has 0 aliphatic carbocycles. The van der Waals surface area contributed by atoms with Crippen LogP contribution in [0.3, 0.4) is 0 Å². The number of hydrogen-bond acceptors (Lipinski definition) is 2. The maximum Gasteiger partial charge on any atom is 0.0581 e. The van der Waals surface area contributed by atoms with Gasteiger partial charge in [0, 0.05) is 5.41 Å². The summed E-state index contributed by atoms with van der Waals surface area (Å²) in [5.74, 6) is 6.19. The molecule has 0 aromatic rings. The molecule has 0 bridgehead atoms. The summed E-state index contributed by atoms with van der Waals surface area (Å²) in [6, 6.07) is 0. The van der Waals surface area contributed by atoms with Crippen LogP contribution in [0.25, 0.3) is 0 Å². The molecule has 2 heteroatoms. The van der Waals surface area contributed by atoms with Crippen molar-refractivity contribution in [1.29, 1.82) is 0 Å². The lowest BCUT2D eigenvalue weighted by Gasteiger charge is -2.31. The van der Waals surface area contributed by atoms with Gasteiger partial charge in [0.2, 0.25) is 0 Å². The Morgan fingerprint density at radius 1 is 1.11 bits per heavy atom. The number of aliphatic hydroxyl groups excluding tert-OH is 2. The first-order valence-corrected chi connectivity index (χ1v) is 7.15. The summed E-state index contributed by atoms with van der Waals surface area (Å²) in [4.78, 5) is 0. The van der Waals surface area contributed by atoms with E-state index in [0.29, 0.717) is 12.8 Å². The Morgan fingerprint density at radius 3 is 2.22 bits per heavy atom. The van der Waals surface area contributed by atoms with Crippen LogP contribution in [0.5, 0.6) is 0 Å². The molecule has 0 saturated carbocycles. The van der Waals surface area contributed by atoms with Crippen LogP contribution in [-0.2, 0) is 0 Å². The van der Waals surface area contributed by atoms with Crippen molar-refractivity contribution in [3.8, 4) is 11.8 Å². The maximum absolute atomic E-state index is 10.2. The third-order valence-electron chi connectivity index (χ3n) is 3.85. The zero-order chi connectivity index (χ0) is 14.2. The van der Waals surface area contributed by atoms with E-state index in [2.05, 4.69) is 32.6 Å². The normalized spacial score (nSPS) is 16.6. The molecule has 18 heavy (non-hydrogen) atoms. The first-order valence-electron chi connectivity index (χ1n) is 7.15. The molecule has 3 atom stereocenters. The average molecular weight is 254 g/mol. The van der Waals surface area contributed by atoms with Crippen molar-refractivity contribution in [3.05, 3.63) is 0 Å². The lowest BCUT2D eigenvalue weighted by Crippen LogP contribution is -2.31. The van der Waals surface area contributed by atoms with Gasteiger partial charge in [0.1, 0.15) is 0 Å². The van der Waals surface area contributed by atoms with E-state index in [-0.39, 0.29) is 17.4 Å². The molecule has 0 spiro atoms. The van der Waals surface area contributed by atoms with Gasteiger partial charge in [-0.3, -0.25) is 0 Å². The molecule has 0 rings (SSSR count). The molecule has 0 aromatic carbocycles. The monoisotopic (exact) mass is 254 g/mol. The highest BCUT2D eigenvalue weighted by Crippen LogP contribution is 2.30. The fourth-order valence-corrected chi connectivity index (χ4v) is 2.11. The standard InChI is InChI=1S/C16H30O2/c1-6-8-9-14(17)10-11-15(18)13(3)16(4,5)12-7-2/h13-15,17-18H,6,8-11H2,1-5H3. The second-order valence-corrected chi connectivity index (χ2v) is 5.83. The molecule has 0 amide bonds. The molecule has 0 radical (unpaired) electrons. The van der Waals surface area contributed by atoms with Crippen molar-refractivity contribution in [2.45, 2.75) is 78.9 Å². The Hall–Kier alpha value is -0.520. The molecule has 0 heterocycles. The summed E-state index contributed by atoms with van der Waals surface area (Å²) in [5.41, 5.74) is -0.178. The van der Waals surface area contributed by atoms with Crippen LogP contribution in [0.15, 0.2) is 0 Å². The van der Waals surface area contributed by atoms with Gasteiger partial charge in [0.05, 0.1) is 12.2 Å². The van der Waals surface area contributed by atoms with Crippen LogP contribution in [-0.4, -0.2) is 22.4 Å². The number of aliphatic hydroxyl groups is 2. The van der Waals surface area contributed by atoms with Gasteiger partial charge in [-0.15, -0.1) is 5.92 Å². The lowest BCUT2D eigenvalue weighted by atomic mass is 9.76. The predicted octanol–water partition coefficient (Wildman–Crippen LogP) is 3.36. The zero-order valence-corrected chi connectivity index (χ0v) is 12.7. The molecule has 0 aliphatic rings. The molecule has 0 saturated heterocycles. The van der Waals surface area contributed by atoms with Crippen LogP contribution < -0.4 is 0 Å². The van der Waals surface area contributed by atoms with E-state index in [4.69, 9.17) is 0 Å². The average Bonchev–Trinajstić information content (AvgIpc) is 2.32. The van der Waals surface area contributed by atoms with Crippen molar-refractivity contribution >= 4 is 0 Å². The maximum atomic E-state index is 10.2. The molecule has 2 nitrogen and oxygen atoms in total. The zero-order valence-electron chi connectivity index (χ0n) is 12.7. The molecular weight excluding hydrogens is 224 g/mol. The van der Waals surface area contributed by atoms with Crippen molar-refractivity contribution < 1.29 is 10.2 Å². The fourth-order valence-electron chi connectivity index (χ4n) is 2.11. The van der Waals surface area contributed by atoms with Crippen LogP contribution >= 0.6 is 0 Å². The van der Waals surface area contributed by atoms with Gasteiger partial charge >= 0.3 is 0 Å². The molecule has 0 aliphatic heterocycles. The Kier molecular flexibility index (Phi) is 8.31. The van der Waals surface area contributed by atoms with Gasteiger partial charge in [-0.2, -0.15) is 0 Å². The van der Waals surface area contributed by atoms with E-state index in [1.165, 1.54) is 0 Å². The smallest absolute Gasteiger partial charge is 0.0581 e. The Bertz CT molecular complexity index is 273.